The molecule has 144 valence electrons. The molecule has 0 unspecified atom stereocenters. The van der Waals surface area contributed by atoms with E-state index in [-0.39, 0.29) is 21.9 Å². The highest BCUT2D eigenvalue weighted by Crippen LogP contribution is 2.24. The van der Waals surface area contributed by atoms with Gasteiger partial charge in [-0.3, -0.25) is 14.6 Å². The zero-order valence-corrected chi connectivity index (χ0v) is 17.8. The minimum atomic E-state index is -0.302. The quantitative estimate of drug-likeness (QED) is 0.400. The number of halogens is 1. The molecule has 0 saturated heterocycles. The normalized spacial score (nSPS) is 11.5. The first-order chi connectivity index (χ1) is 12.8. The van der Waals surface area contributed by atoms with Crippen LogP contribution in [0.3, 0.4) is 0 Å². The first-order valence-electron chi connectivity index (χ1n) is 8.60. The summed E-state index contributed by atoms with van der Waals surface area (Å²) in [5.41, 5.74) is 2.32. The SMILES string of the molecule is CC/C=C(/Nc1c(C)[nH]c(=S)[nH]c1=O)SCC(=O)c1ccc(CC)cc1Cl. The van der Waals surface area contributed by atoms with Gasteiger partial charge in [0.05, 0.1) is 15.8 Å². The highest BCUT2D eigenvalue weighted by atomic mass is 35.5. The average molecular weight is 424 g/mol. The summed E-state index contributed by atoms with van der Waals surface area (Å²) in [6, 6.07) is 5.52. The lowest BCUT2D eigenvalue weighted by Gasteiger charge is -2.12. The molecule has 2 rings (SSSR count). The molecule has 0 aliphatic heterocycles. The van der Waals surface area contributed by atoms with E-state index in [1.807, 2.05) is 32.1 Å². The van der Waals surface area contributed by atoms with E-state index in [1.54, 1.807) is 13.0 Å². The van der Waals surface area contributed by atoms with E-state index in [9.17, 15) is 9.59 Å². The topological polar surface area (TPSA) is 77.8 Å². The fourth-order valence-electron chi connectivity index (χ4n) is 2.43. The first kappa shape index (κ1) is 21.5. The Morgan fingerprint density at radius 2 is 2.07 bits per heavy atom. The number of aromatic amines is 2. The van der Waals surface area contributed by atoms with Crippen molar-refractivity contribution in [3.8, 4) is 0 Å². The molecule has 1 heterocycles. The second kappa shape index (κ2) is 9.92. The number of benzene rings is 1. The molecule has 0 spiro atoms. The van der Waals surface area contributed by atoms with Crippen molar-refractivity contribution >= 4 is 47.1 Å². The van der Waals surface area contributed by atoms with Gasteiger partial charge in [0.15, 0.2) is 10.6 Å². The molecule has 0 aliphatic rings. The van der Waals surface area contributed by atoms with Crippen LogP contribution in [0, 0.1) is 11.7 Å². The second-order valence-electron chi connectivity index (χ2n) is 5.89. The number of ketones is 1. The van der Waals surface area contributed by atoms with Crippen molar-refractivity contribution < 1.29 is 4.79 Å². The number of aromatic nitrogens is 2. The Balaban J connectivity index is 2.14. The van der Waals surface area contributed by atoms with E-state index in [0.29, 0.717) is 22.0 Å². The number of carbonyl (C=O) groups excluding carboxylic acids is 1. The molecule has 0 saturated carbocycles. The highest BCUT2D eigenvalue weighted by Gasteiger charge is 2.13. The molecule has 8 heteroatoms. The van der Waals surface area contributed by atoms with Gasteiger partial charge in [0, 0.05) is 11.3 Å². The van der Waals surface area contributed by atoms with E-state index < -0.39 is 0 Å². The summed E-state index contributed by atoms with van der Waals surface area (Å²) < 4.78 is 0.275. The summed E-state index contributed by atoms with van der Waals surface area (Å²) in [6.07, 6.45) is 3.56. The molecule has 0 bridgehead atoms. The van der Waals surface area contributed by atoms with Crippen LogP contribution in [0.5, 0.6) is 0 Å². The molecule has 3 N–H and O–H groups in total. The fourth-order valence-corrected chi connectivity index (χ4v) is 3.89. The van der Waals surface area contributed by atoms with E-state index in [2.05, 4.69) is 15.3 Å². The van der Waals surface area contributed by atoms with Crippen LogP contribution < -0.4 is 10.9 Å². The number of hydrogen-bond donors (Lipinski definition) is 3. The second-order valence-corrected chi connectivity index (χ2v) is 7.72. The van der Waals surface area contributed by atoms with Gasteiger partial charge in [-0.05, 0) is 49.7 Å². The van der Waals surface area contributed by atoms with Gasteiger partial charge in [-0.2, -0.15) is 0 Å². The summed E-state index contributed by atoms with van der Waals surface area (Å²) in [4.78, 5) is 30.2. The smallest absolute Gasteiger partial charge is 0.275 e. The number of rotatable bonds is 8. The molecular formula is C19H22ClN3O2S2. The van der Waals surface area contributed by atoms with Gasteiger partial charge in [0.25, 0.3) is 5.56 Å². The lowest BCUT2D eigenvalue weighted by atomic mass is 10.1. The van der Waals surface area contributed by atoms with Crippen molar-refractivity contribution in [1.82, 2.24) is 9.97 Å². The zero-order valence-electron chi connectivity index (χ0n) is 15.4. The third-order valence-electron chi connectivity index (χ3n) is 3.87. The largest absolute Gasteiger partial charge is 0.345 e. The molecule has 2 aromatic rings. The number of Topliss-reactive ketones (excluding diaryl/α,β-unsaturated/α-hetero) is 1. The predicted octanol–water partition coefficient (Wildman–Crippen LogP) is 5.24. The maximum Gasteiger partial charge on any atom is 0.275 e. The standard InChI is InChI=1S/C19H22ClN3O2S2/c1-4-6-16(22-17-11(3)21-19(26)23-18(17)25)27-10-15(24)13-8-7-12(5-2)9-14(13)20/h6-9,22H,4-5,10H2,1-3H3,(H2,21,23,25,26)/b16-6-. The van der Waals surface area contributed by atoms with Gasteiger partial charge >= 0.3 is 0 Å². The molecule has 0 fully saturated rings. The molecule has 5 nitrogen and oxygen atoms in total. The van der Waals surface area contributed by atoms with E-state index in [4.69, 9.17) is 23.8 Å². The van der Waals surface area contributed by atoms with E-state index in [1.165, 1.54) is 11.8 Å². The van der Waals surface area contributed by atoms with Crippen molar-refractivity contribution in [2.45, 2.75) is 33.6 Å². The summed E-state index contributed by atoms with van der Waals surface area (Å²) in [5, 5.41) is 4.30. The zero-order chi connectivity index (χ0) is 20.0. The number of carbonyl (C=O) groups is 1. The van der Waals surface area contributed by atoms with Crippen LogP contribution in [0.4, 0.5) is 5.69 Å². The lowest BCUT2D eigenvalue weighted by molar-refractivity contribution is 0.102. The van der Waals surface area contributed by atoms with Crippen LogP contribution in [-0.4, -0.2) is 21.5 Å². The Morgan fingerprint density at radius 3 is 2.67 bits per heavy atom. The van der Waals surface area contributed by atoms with Gasteiger partial charge in [-0.1, -0.05) is 37.6 Å². The minimum Gasteiger partial charge on any atom is -0.345 e. The molecule has 1 aromatic heterocycles. The third-order valence-corrected chi connectivity index (χ3v) is 5.37. The maximum absolute atomic E-state index is 12.6. The molecule has 0 radical (unpaired) electrons. The number of thioether (sulfide) groups is 1. The van der Waals surface area contributed by atoms with Gasteiger partial charge in [0.1, 0.15) is 5.69 Å². The van der Waals surface area contributed by atoms with E-state index >= 15 is 0 Å². The molecule has 0 atom stereocenters. The fraction of sp³-hybridized carbons (Fsp3) is 0.316. The summed E-state index contributed by atoms with van der Waals surface area (Å²) in [7, 11) is 0. The average Bonchev–Trinajstić information content (AvgIpc) is 2.62. The number of hydrogen-bond acceptors (Lipinski definition) is 5. The van der Waals surface area contributed by atoms with Gasteiger partial charge in [0.2, 0.25) is 0 Å². The Bertz CT molecular complexity index is 980. The van der Waals surface area contributed by atoms with Gasteiger partial charge in [-0.15, -0.1) is 11.8 Å². The van der Waals surface area contributed by atoms with Crippen LogP contribution in [0.25, 0.3) is 0 Å². The van der Waals surface area contributed by atoms with Crippen LogP contribution in [0.1, 0.15) is 41.9 Å². The van der Waals surface area contributed by atoms with Crippen LogP contribution in [0.15, 0.2) is 34.1 Å². The Kier molecular flexibility index (Phi) is 7.89. The number of aryl methyl sites for hydroxylation is 2. The maximum atomic E-state index is 12.6. The first-order valence-corrected chi connectivity index (χ1v) is 10.4. The number of allylic oxidation sites excluding steroid dienone is 1. The summed E-state index contributed by atoms with van der Waals surface area (Å²) in [6.45, 7) is 5.79. The third kappa shape index (κ3) is 5.82. The number of nitrogens with one attached hydrogen (secondary N) is 3. The van der Waals surface area contributed by atoms with Gasteiger partial charge < -0.3 is 10.3 Å². The number of H-pyrrole nitrogens is 2. The Hall–Kier alpha value is -1.83. The predicted molar refractivity (Wildman–Crippen MR) is 117 cm³/mol. The molecule has 1 aromatic carbocycles. The van der Waals surface area contributed by atoms with Crippen molar-refractivity contribution in [3.63, 3.8) is 0 Å². The van der Waals surface area contributed by atoms with E-state index in [0.717, 1.165) is 23.4 Å². The monoisotopic (exact) mass is 423 g/mol. The summed E-state index contributed by atoms with van der Waals surface area (Å²) in [5.74, 6) is 0.152. The van der Waals surface area contributed by atoms with Crippen LogP contribution >= 0.6 is 35.6 Å². The molecular weight excluding hydrogens is 402 g/mol. The van der Waals surface area contributed by atoms with Crippen molar-refractivity contribution in [3.05, 3.63) is 66.3 Å². The minimum absolute atomic E-state index is 0.0606. The van der Waals surface area contributed by atoms with Gasteiger partial charge in [-0.25, -0.2) is 0 Å². The molecule has 0 amide bonds. The Morgan fingerprint density at radius 1 is 1.33 bits per heavy atom. The molecule has 27 heavy (non-hydrogen) atoms. The van der Waals surface area contributed by atoms with Crippen molar-refractivity contribution in [2.24, 2.45) is 0 Å². The number of anilines is 1. The lowest BCUT2D eigenvalue weighted by Crippen LogP contribution is -2.17. The molecule has 0 aliphatic carbocycles. The highest BCUT2D eigenvalue weighted by molar-refractivity contribution is 8.03. The van der Waals surface area contributed by atoms with Crippen LogP contribution in [-0.2, 0) is 6.42 Å². The van der Waals surface area contributed by atoms with Crippen molar-refractivity contribution in [2.75, 3.05) is 11.1 Å². The van der Waals surface area contributed by atoms with Crippen LogP contribution in [0.2, 0.25) is 5.02 Å². The summed E-state index contributed by atoms with van der Waals surface area (Å²) >= 11 is 12.5. The Labute approximate surface area is 172 Å². The van der Waals surface area contributed by atoms with Crippen molar-refractivity contribution in [1.29, 1.82) is 0 Å².